The third kappa shape index (κ3) is 2.48. The molecule has 1 aromatic heterocycles. The van der Waals surface area contributed by atoms with Crippen LogP contribution in [0.3, 0.4) is 0 Å². The van der Waals surface area contributed by atoms with Crippen LogP contribution in [0.1, 0.15) is 23.0 Å². The predicted molar refractivity (Wildman–Crippen MR) is 74.4 cm³/mol. The van der Waals surface area contributed by atoms with Gasteiger partial charge in [-0.3, -0.25) is 0 Å². The Balaban J connectivity index is 2.42. The summed E-state index contributed by atoms with van der Waals surface area (Å²) in [6.45, 7) is 2.19. The molecule has 0 saturated heterocycles. The van der Waals surface area contributed by atoms with Crippen molar-refractivity contribution in [3.8, 4) is 5.69 Å². The molecule has 0 atom stereocenters. The van der Waals surface area contributed by atoms with Crippen molar-refractivity contribution >= 4 is 21.9 Å². The Bertz CT molecular complexity index is 534. The van der Waals surface area contributed by atoms with Crippen LogP contribution in [0, 0.1) is 0 Å². The van der Waals surface area contributed by atoms with Crippen LogP contribution >= 0.6 is 15.9 Å². The number of alkyl halides is 1. The number of nitrogens with zero attached hydrogens (tertiary/aromatic N) is 1. The Labute approximate surface area is 115 Å². The molecular weight excluding hydrogens is 294 g/mol. The number of halogens is 1. The number of esters is 1. The molecule has 18 heavy (non-hydrogen) atoms. The van der Waals surface area contributed by atoms with Crippen LogP contribution in [0.25, 0.3) is 5.69 Å². The zero-order valence-electron chi connectivity index (χ0n) is 10.1. The van der Waals surface area contributed by atoms with Gasteiger partial charge in [0.2, 0.25) is 0 Å². The number of carbonyl (C=O) groups is 1. The lowest BCUT2D eigenvalue weighted by Crippen LogP contribution is -2.08. The van der Waals surface area contributed by atoms with Gasteiger partial charge in [-0.05, 0) is 25.1 Å². The largest absolute Gasteiger partial charge is 0.462 e. The zero-order valence-corrected chi connectivity index (χ0v) is 11.7. The minimum absolute atomic E-state index is 0.276. The molecule has 0 unspecified atom stereocenters. The zero-order chi connectivity index (χ0) is 13.0. The Hall–Kier alpha value is -1.55. The van der Waals surface area contributed by atoms with E-state index in [-0.39, 0.29) is 5.97 Å². The van der Waals surface area contributed by atoms with E-state index in [1.165, 1.54) is 0 Å². The van der Waals surface area contributed by atoms with E-state index in [2.05, 4.69) is 15.9 Å². The number of hydrogen-bond acceptors (Lipinski definition) is 2. The fourth-order valence-corrected chi connectivity index (χ4v) is 2.40. The number of hydrogen-bond donors (Lipinski definition) is 0. The van der Waals surface area contributed by atoms with Crippen molar-refractivity contribution in [3.05, 3.63) is 53.9 Å². The first-order chi connectivity index (χ1) is 8.77. The average molecular weight is 308 g/mol. The van der Waals surface area contributed by atoms with Crippen molar-refractivity contribution in [2.75, 3.05) is 6.61 Å². The van der Waals surface area contributed by atoms with E-state index in [1.807, 2.05) is 41.1 Å². The number of carbonyl (C=O) groups excluding carboxylic acids is 1. The number of ether oxygens (including phenoxy) is 1. The highest BCUT2D eigenvalue weighted by Crippen LogP contribution is 2.20. The predicted octanol–water partition coefficient (Wildman–Crippen LogP) is 3.55. The van der Waals surface area contributed by atoms with Gasteiger partial charge >= 0.3 is 5.97 Å². The molecule has 0 fully saturated rings. The molecule has 2 rings (SSSR count). The summed E-state index contributed by atoms with van der Waals surface area (Å²) in [5.74, 6) is -0.276. The van der Waals surface area contributed by atoms with Crippen LogP contribution in [0.2, 0.25) is 0 Å². The van der Waals surface area contributed by atoms with Crippen LogP contribution in [0.15, 0.2) is 42.6 Å². The second-order valence-corrected chi connectivity index (χ2v) is 4.30. The Morgan fingerprint density at radius 3 is 2.61 bits per heavy atom. The highest BCUT2D eigenvalue weighted by Gasteiger charge is 2.16. The lowest BCUT2D eigenvalue weighted by Gasteiger charge is -2.08. The van der Waals surface area contributed by atoms with Gasteiger partial charge in [-0.1, -0.05) is 34.1 Å². The standard InChI is InChI=1S/C14H14BrNO2/c1-2-18-14(17)12-8-9-16(13(12)10-15)11-6-4-3-5-7-11/h3-9H,2,10H2,1H3. The summed E-state index contributed by atoms with van der Waals surface area (Å²) in [7, 11) is 0. The maximum Gasteiger partial charge on any atom is 0.340 e. The first-order valence-corrected chi connectivity index (χ1v) is 6.88. The number of para-hydroxylation sites is 1. The van der Waals surface area contributed by atoms with Crippen LogP contribution in [-0.4, -0.2) is 17.1 Å². The molecule has 4 heteroatoms. The lowest BCUT2D eigenvalue weighted by atomic mass is 10.2. The van der Waals surface area contributed by atoms with Crippen LogP contribution < -0.4 is 0 Å². The van der Waals surface area contributed by atoms with E-state index in [0.29, 0.717) is 17.5 Å². The van der Waals surface area contributed by atoms with E-state index in [0.717, 1.165) is 11.4 Å². The first kappa shape index (κ1) is 12.9. The van der Waals surface area contributed by atoms with E-state index >= 15 is 0 Å². The third-order valence-corrected chi connectivity index (χ3v) is 3.18. The molecule has 0 bridgehead atoms. The van der Waals surface area contributed by atoms with Crippen molar-refractivity contribution in [3.63, 3.8) is 0 Å². The molecule has 0 aliphatic rings. The summed E-state index contributed by atoms with van der Waals surface area (Å²) in [4.78, 5) is 11.8. The van der Waals surface area contributed by atoms with Gasteiger partial charge < -0.3 is 9.30 Å². The lowest BCUT2D eigenvalue weighted by molar-refractivity contribution is 0.0525. The van der Waals surface area contributed by atoms with Crippen molar-refractivity contribution in [2.45, 2.75) is 12.3 Å². The van der Waals surface area contributed by atoms with E-state index < -0.39 is 0 Å². The maximum absolute atomic E-state index is 11.8. The van der Waals surface area contributed by atoms with E-state index in [4.69, 9.17) is 4.74 Å². The number of rotatable bonds is 4. The van der Waals surface area contributed by atoms with E-state index in [1.54, 1.807) is 13.0 Å². The molecule has 0 radical (unpaired) electrons. The monoisotopic (exact) mass is 307 g/mol. The number of aromatic nitrogens is 1. The molecule has 0 saturated carbocycles. The van der Waals surface area contributed by atoms with Crippen LogP contribution in [0.5, 0.6) is 0 Å². The molecule has 0 amide bonds. The van der Waals surface area contributed by atoms with Crippen molar-refractivity contribution < 1.29 is 9.53 Å². The van der Waals surface area contributed by atoms with Crippen molar-refractivity contribution in [1.82, 2.24) is 4.57 Å². The minimum atomic E-state index is -0.276. The topological polar surface area (TPSA) is 31.2 Å². The third-order valence-electron chi connectivity index (χ3n) is 2.65. The fourth-order valence-electron chi connectivity index (χ4n) is 1.83. The summed E-state index contributed by atoms with van der Waals surface area (Å²) in [6, 6.07) is 11.7. The SMILES string of the molecule is CCOC(=O)c1ccn(-c2ccccc2)c1CBr. The summed E-state index contributed by atoms with van der Waals surface area (Å²) in [5.41, 5.74) is 2.54. The van der Waals surface area contributed by atoms with Crippen LogP contribution in [-0.2, 0) is 10.1 Å². The van der Waals surface area contributed by atoms with Crippen molar-refractivity contribution in [2.24, 2.45) is 0 Å². The Morgan fingerprint density at radius 2 is 2.00 bits per heavy atom. The number of benzene rings is 1. The maximum atomic E-state index is 11.8. The van der Waals surface area contributed by atoms with Crippen LogP contribution in [0.4, 0.5) is 0 Å². The summed E-state index contributed by atoms with van der Waals surface area (Å²) in [5, 5.41) is 0.600. The first-order valence-electron chi connectivity index (χ1n) is 5.76. The Kier molecular flexibility index (Phi) is 4.20. The normalized spacial score (nSPS) is 10.3. The van der Waals surface area contributed by atoms with Gasteiger partial charge in [-0.15, -0.1) is 0 Å². The van der Waals surface area contributed by atoms with Gasteiger partial charge in [0.05, 0.1) is 12.2 Å². The molecule has 0 aliphatic heterocycles. The second kappa shape index (κ2) is 5.87. The van der Waals surface area contributed by atoms with Gasteiger partial charge in [0.1, 0.15) is 0 Å². The molecule has 0 N–H and O–H groups in total. The fraction of sp³-hybridized carbons (Fsp3) is 0.214. The smallest absolute Gasteiger partial charge is 0.340 e. The van der Waals surface area contributed by atoms with Gasteiger partial charge in [-0.2, -0.15) is 0 Å². The molecular formula is C14H14BrNO2. The quantitative estimate of drug-likeness (QED) is 0.639. The van der Waals surface area contributed by atoms with Gasteiger partial charge in [0.15, 0.2) is 0 Å². The molecule has 0 spiro atoms. The molecule has 3 nitrogen and oxygen atoms in total. The van der Waals surface area contributed by atoms with E-state index in [9.17, 15) is 4.79 Å². The molecule has 0 aliphatic carbocycles. The molecule has 1 aromatic carbocycles. The average Bonchev–Trinajstić information content (AvgIpc) is 2.83. The minimum Gasteiger partial charge on any atom is -0.462 e. The van der Waals surface area contributed by atoms with Crippen molar-refractivity contribution in [1.29, 1.82) is 0 Å². The second-order valence-electron chi connectivity index (χ2n) is 3.74. The summed E-state index contributed by atoms with van der Waals surface area (Å²) in [6.07, 6.45) is 1.89. The Morgan fingerprint density at radius 1 is 1.28 bits per heavy atom. The molecule has 2 aromatic rings. The summed E-state index contributed by atoms with van der Waals surface area (Å²) < 4.78 is 7.03. The molecule has 1 heterocycles. The molecule has 94 valence electrons. The summed E-state index contributed by atoms with van der Waals surface area (Å²) >= 11 is 3.43. The van der Waals surface area contributed by atoms with Gasteiger partial charge in [-0.25, -0.2) is 4.79 Å². The highest BCUT2D eigenvalue weighted by molar-refractivity contribution is 9.08. The van der Waals surface area contributed by atoms with Gasteiger partial charge in [0.25, 0.3) is 0 Å². The highest BCUT2D eigenvalue weighted by atomic mass is 79.9. The van der Waals surface area contributed by atoms with Gasteiger partial charge in [0, 0.05) is 22.9 Å².